The second-order valence-electron chi connectivity index (χ2n) is 33.5. The summed E-state index contributed by atoms with van der Waals surface area (Å²) in [4.78, 5) is 246. The number of thioether (sulfide) groups is 1. The zero-order valence-electron chi connectivity index (χ0n) is 73.0. The maximum Gasteiger partial charge on any atom is 0.305 e. The normalized spacial score (nSPS) is 24.2. The van der Waals surface area contributed by atoms with Crippen LogP contribution >= 0.6 is 11.8 Å². The Morgan fingerprint density at radius 1 is 0.535 bits per heavy atom. The molecule has 6 aromatic rings. The zero-order chi connectivity index (χ0) is 92.5. The van der Waals surface area contributed by atoms with Gasteiger partial charge in [-0.15, -0.1) is 11.8 Å². The largest absolute Gasteiger partial charge is 0.508 e. The number of hydrogen-bond donors (Lipinski definition) is 13. The predicted molar refractivity (Wildman–Crippen MR) is 472 cm³/mol. The first-order chi connectivity index (χ1) is 60.5. The number of carbonyl (C=O) groups is 16. The van der Waals surface area contributed by atoms with Crippen LogP contribution < -0.4 is 48.3 Å². The van der Waals surface area contributed by atoms with Crippen LogP contribution in [0.15, 0.2) is 146 Å². The molecule has 13 atom stereocenters. The Kier molecular flexibility index (Phi) is 35.9. The number of aliphatic hydroxyl groups is 1. The number of nitrogens with one attached hydrogen (secondary N) is 9. The molecule has 1 aromatic heterocycles. The Morgan fingerprint density at radius 2 is 1.06 bits per heavy atom. The number of fused-ring (bicyclic) bond motifs is 3. The van der Waals surface area contributed by atoms with Crippen molar-refractivity contribution in [3.63, 3.8) is 0 Å². The fourth-order valence-electron chi connectivity index (χ4n) is 16.0. The van der Waals surface area contributed by atoms with Crippen LogP contribution in [0, 0.1) is 11.8 Å². The maximum absolute atomic E-state index is 15.7. The number of carboxylic acids is 1. The number of nitrogens with zero attached hydrogens (tertiary/aromatic N) is 6. The number of amides is 15. The van der Waals surface area contributed by atoms with E-state index in [0.29, 0.717) is 51.6 Å². The van der Waals surface area contributed by atoms with E-state index in [1.807, 2.05) is 6.92 Å². The van der Waals surface area contributed by atoms with Crippen LogP contribution in [-0.2, 0) is 109 Å². The first-order valence-electron chi connectivity index (χ1n) is 42.8. The molecule has 9 rings (SSSR count). The highest BCUT2D eigenvalue weighted by Gasteiger charge is 2.49. The van der Waals surface area contributed by atoms with Gasteiger partial charge in [0.15, 0.2) is 0 Å². The van der Waals surface area contributed by atoms with Crippen LogP contribution in [0.2, 0.25) is 0 Å². The third-order valence-electron chi connectivity index (χ3n) is 23.0. The molecule has 15 amide bonds. The molecule has 682 valence electrons. The fraction of sp³-hybridized carbons (Fsp3) is 0.473. The summed E-state index contributed by atoms with van der Waals surface area (Å²) in [5.41, 5.74) is 8.80. The van der Waals surface area contributed by atoms with Crippen LogP contribution in [0.5, 0.6) is 5.75 Å². The van der Waals surface area contributed by atoms with Gasteiger partial charge in [-0.1, -0.05) is 169 Å². The molecule has 0 spiro atoms. The Morgan fingerprint density at radius 3 is 1.66 bits per heavy atom. The van der Waals surface area contributed by atoms with Crippen LogP contribution in [0.4, 0.5) is 0 Å². The molecule has 3 aliphatic rings. The number of aliphatic hydroxyl groups excluding tert-OH is 1. The second-order valence-corrected chi connectivity index (χ2v) is 34.5. The minimum absolute atomic E-state index is 0.0355. The molecule has 0 saturated carbocycles. The van der Waals surface area contributed by atoms with Crippen LogP contribution in [-0.4, -0.2) is 289 Å². The van der Waals surface area contributed by atoms with Gasteiger partial charge in [0.25, 0.3) is 0 Å². The Bertz CT molecular complexity index is 4890. The van der Waals surface area contributed by atoms with Gasteiger partial charge in [0.1, 0.15) is 78.3 Å². The van der Waals surface area contributed by atoms with Crippen molar-refractivity contribution >= 4 is 117 Å². The van der Waals surface area contributed by atoms with Crippen LogP contribution in [0.3, 0.4) is 0 Å². The van der Waals surface area contributed by atoms with E-state index >= 15 is 38.4 Å². The Hall–Kier alpha value is -12.7. The molecule has 0 unspecified atom stereocenters. The monoisotopic (exact) mass is 1770 g/mol. The number of unbranched alkanes of at least 4 members (excludes halogenated alkanes) is 1. The van der Waals surface area contributed by atoms with E-state index < -0.39 is 211 Å². The van der Waals surface area contributed by atoms with Gasteiger partial charge >= 0.3 is 5.97 Å². The fourth-order valence-corrected chi connectivity index (χ4v) is 16.9. The molecule has 0 aliphatic carbocycles. The van der Waals surface area contributed by atoms with Crippen molar-refractivity contribution in [1.29, 1.82) is 0 Å². The minimum Gasteiger partial charge on any atom is -0.508 e. The maximum atomic E-state index is 15.7. The van der Waals surface area contributed by atoms with E-state index in [1.165, 1.54) is 67.2 Å². The standard InChI is InChI=1S/C91H118N16O19S/c1-10-11-32-71-87(122)102(6)50-76(111)95-67(46-78(113)114)84(119)101-79(54(4)5)91(126)105(9)73(43-57-28-19-14-20-29-57)89(124)107-49-61(109)45-74(107)90(125)106-38-23-33-70(106)85(120)99-66(44-59-47-93-63-31-22-21-30-62(59)63)83(118)98-65(40-58-34-36-60(108)37-35-58)82(117)97-64(39-53(2)3)81(116)100-69(80(115)94-48-75(92)110)51-127-52-77(112)96-68(41-55-24-15-12-16-25-55)86(121)104(8)72(88(123)103(71)7)42-56-26-17-13-18-27-56/h12-22,24-31,34-37,47,53-54,61,64-74,79,93,108-109H,10-11,23,32-33,38-46,48-52H2,1-9H3,(H2,92,110)(H,94,115)(H,95,111)(H,96,112)(H,97,117)(H,98,118)(H,99,120)(H,100,116)(H,101,119)(H,113,114)/t61-,64+,65+,66+,67+,68+,69+,70-,71+,72+,73+,74+,79+/m1/s1. The van der Waals surface area contributed by atoms with E-state index in [-0.39, 0.29) is 88.2 Å². The van der Waals surface area contributed by atoms with Crippen LogP contribution in [0.25, 0.3) is 10.9 Å². The van der Waals surface area contributed by atoms with Crippen molar-refractivity contribution in [3.05, 3.63) is 174 Å². The van der Waals surface area contributed by atoms with E-state index in [2.05, 4.69) is 47.5 Å². The average Bonchev–Trinajstić information content (AvgIpc) is 1.58. The number of primary amides is 1. The van der Waals surface area contributed by atoms with Gasteiger partial charge in [-0.05, 0) is 83.5 Å². The molecule has 4 heterocycles. The van der Waals surface area contributed by atoms with Gasteiger partial charge < -0.3 is 98.0 Å². The second kappa shape index (κ2) is 46.5. The number of H-pyrrole nitrogens is 1. The van der Waals surface area contributed by atoms with Crippen molar-refractivity contribution < 1.29 is 92.0 Å². The molecule has 35 nitrogen and oxygen atoms in total. The molecular formula is C91H118N16O19S. The van der Waals surface area contributed by atoms with Crippen molar-refractivity contribution in [2.75, 3.05) is 65.9 Å². The van der Waals surface area contributed by atoms with Gasteiger partial charge in [-0.25, -0.2) is 0 Å². The number of aromatic hydroxyl groups is 1. The number of hydrogen-bond acceptors (Lipinski definition) is 19. The molecule has 0 radical (unpaired) electrons. The minimum atomic E-state index is -1.90. The summed E-state index contributed by atoms with van der Waals surface area (Å²) in [6.07, 6.45) is -0.811. The lowest BCUT2D eigenvalue weighted by atomic mass is 9.98. The number of carboxylic acid groups (broad SMARTS) is 1. The summed E-state index contributed by atoms with van der Waals surface area (Å²) < 4.78 is 0. The number of nitrogens with two attached hydrogens (primary N) is 1. The number of phenolic OH excluding ortho intramolecular Hbond substituents is 1. The van der Waals surface area contributed by atoms with E-state index in [4.69, 9.17) is 5.73 Å². The third-order valence-corrected chi connectivity index (χ3v) is 24.0. The average molecular weight is 1770 g/mol. The first-order valence-corrected chi connectivity index (χ1v) is 43.9. The molecule has 5 aromatic carbocycles. The highest BCUT2D eigenvalue weighted by atomic mass is 32.2. The molecule has 127 heavy (non-hydrogen) atoms. The molecule has 3 fully saturated rings. The summed E-state index contributed by atoms with van der Waals surface area (Å²) in [5.74, 6) is -16.8. The number of aliphatic carboxylic acids is 1. The van der Waals surface area contributed by atoms with E-state index in [1.54, 1.807) is 149 Å². The highest BCUT2D eigenvalue weighted by molar-refractivity contribution is 8.00. The Labute approximate surface area is 741 Å². The number of carbonyl (C=O) groups excluding carboxylic acids is 15. The molecule has 14 N–H and O–H groups in total. The number of phenols is 1. The zero-order valence-corrected chi connectivity index (χ0v) is 73.8. The van der Waals surface area contributed by atoms with Crippen molar-refractivity contribution in [2.24, 2.45) is 17.6 Å². The summed E-state index contributed by atoms with van der Waals surface area (Å²) in [7, 11) is 5.31. The summed E-state index contributed by atoms with van der Waals surface area (Å²) in [5, 5.41) is 54.2. The number of aromatic amines is 1. The predicted octanol–water partition coefficient (Wildman–Crippen LogP) is 1.39. The van der Waals surface area contributed by atoms with Crippen molar-refractivity contribution in [3.8, 4) is 5.75 Å². The molecule has 3 saturated heterocycles. The van der Waals surface area contributed by atoms with Crippen LogP contribution in [0.1, 0.15) is 114 Å². The quantitative estimate of drug-likeness (QED) is 0.0484. The Balaban J connectivity index is 1.11. The van der Waals surface area contributed by atoms with Gasteiger partial charge in [0, 0.05) is 103 Å². The summed E-state index contributed by atoms with van der Waals surface area (Å²) >= 11 is 0.836. The van der Waals surface area contributed by atoms with Gasteiger partial charge in [0.2, 0.25) is 88.6 Å². The molecular weight excluding hydrogens is 1650 g/mol. The molecule has 0 bridgehead atoms. The van der Waals surface area contributed by atoms with Gasteiger partial charge in [0.05, 0.1) is 31.4 Å². The summed E-state index contributed by atoms with van der Waals surface area (Å²) in [6, 6.07) is 20.8. The summed E-state index contributed by atoms with van der Waals surface area (Å²) in [6.45, 7) is 6.57. The number of likely N-dealkylation sites (N-methyl/N-ethyl adjacent to an activating group) is 4. The topological polar surface area (TPSA) is 491 Å². The number of aromatic nitrogens is 1. The van der Waals surface area contributed by atoms with Gasteiger partial charge in [-0.2, -0.15) is 0 Å². The SMILES string of the molecule is CCCC[C@H]1C(=O)N(C)CC(=O)N[C@@H](CC(=O)O)C(=O)N[C@@H](C(C)C)C(=O)N(C)[C@@H](Cc2ccccc2)C(=O)N2C[C@H](O)C[C@H]2C(=O)N2CCC[C@@H]2C(=O)N[C@@H](Cc2c[nH]c3ccccc23)C(=O)N[C@@H](Cc2ccc(O)cc2)C(=O)N[C@@H](CC(C)C)C(=O)N[C@H](C(=O)NCC(N)=O)CSCC(=O)N[C@@H](Cc2ccccc2)C(=O)N(C)[C@@H](Cc2ccccc2)C(=O)N1C. The lowest BCUT2D eigenvalue weighted by Crippen LogP contribution is -2.61. The van der Waals surface area contributed by atoms with Gasteiger partial charge in [-0.3, -0.25) is 76.7 Å². The number of rotatable bonds is 21. The van der Waals surface area contributed by atoms with Crippen molar-refractivity contribution in [2.45, 2.75) is 197 Å². The van der Waals surface area contributed by atoms with Crippen molar-refractivity contribution in [1.82, 2.24) is 76.9 Å². The van der Waals surface area contributed by atoms with E-state index in [0.717, 1.165) is 26.5 Å². The lowest BCUT2D eigenvalue weighted by Gasteiger charge is -2.37. The molecule has 3 aliphatic heterocycles. The smallest absolute Gasteiger partial charge is 0.305 e. The molecule has 36 heteroatoms. The highest BCUT2D eigenvalue weighted by Crippen LogP contribution is 2.30. The number of benzene rings is 5. The van der Waals surface area contributed by atoms with E-state index in [9.17, 15) is 53.7 Å². The lowest BCUT2D eigenvalue weighted by molar-refractivity contribution is -0.152. The first kappa shape index (κ1) is 98.1. The number of para-hydroxylation sites is 1. The third kappa shape index (κ3) is 27.4.